The Morgan fingerprint density at radius 2 is 2.42 bits per heavy atom. The molecule has 1 aliphatic carbocycles. The van der Waals surface area contributed by atoms with E-state index in [1.807, 2.05) is 0 Å². The molecule has 0 aliphatic heterocycles. The third kappa shape index (κ3) is 3.53. The maximum atomic E-state index is 12.8. The lowest BCUT2D eigenvalue weighted by Gasteiger charge is -2.39. The summed E-state index contributed by atoms with van der Waals surface area (Å²) in [4.78, 5) is 16.0. The van der Waals surface area contributed by atoms with Crippen LogP contribution in [-0.2, 0) is 0 Å². The van der Waals surface area contributed by atoms with Gasteiger partial charge in [-0.05, 0) is 30.9 Å². The fourth-order valence-corrected chi connectivity index (χ4v) is 3.39. The first kappa shape index (κ1) is 14.4. The molecule has 1 fully saturated rings. The van der Waals surface area contributed by atoms with Crippen LogP contribution < -0.4 is 5.32 Å². The summed E-state index contributed by atoms with van der Waals surface area (Å²) in [5, 5.41) is 3.81. The minimum atomic E-state index is -0.432. The highest BCUT2D eigenvalue weighted by Gasteiger charge is 2.35. The van der Waals surface area contributed by atoms with Gasteiger partial charge >= 0.3 is 0 Å². The van der Waals surface area contributed by atoms with Gasteiger partial charge in [0.05, 0.1) is 11.7 Å². The van der Waals surface area contributed by atoms with E-state index in [1.165, 1.54) is 18.6 Å². The Hall–Kier alpha value is -0.970. The Balaban J connectivity index is 2.09. The molecule has 1 saturated carbocycles. The summed E-state index contributed by atoms with van der Waals surface area (Å²) < 4.78 is 12.8. The molecular formula is C14H18BrFN2O. The number of pyridine rings is 1. The minimum Gasteiger partial charge on any atom is -0.344 e. The van der Waals surface area contributed by atoms with Crippen LogP contribution in [0.5, 0.6) is 0 Å². The van der Waals surface area contributed by atoms with Gasteiger partial charge in [0.2, 0.25) is 0 Å². The van der Waals surface area contributed by atoms with Crippen LogP contribution in [-0.4, -0.2) is 21.8 Å². The monoisotopic (exact) mass is 328 g/mol. The first-order valence-electron chi connectivity index (χ1n) is 6.55. The van der Waals surface area contributed by atoms with Crippen molar-refractivity contribution in [3.05, 3.63) is 29.8 Å². The largest absolute Gasteiger partial charge is 0.344 e. The quantitative estimate of drug-likeness (QED) is 0.865. The first-order valence-corrected chi connectivity index (χ1v) is 7.67. The van der Waals surface area contributed by atoms with Crippen molar-refractivity contribution < 1.29 is 9.18 Å². The molecule has 1 aromatic heterocycles. The zero-order valence-electron chi connectivity index (χ0n) is 11.0. The molecule has 0 bridgehead atoms. The molecule has 0 spiro atoms. The maximum Gasteiger partial charge on any atom is 0.270 e. The number of halogens is 2. The summed E-state index contributed by atoms with van der Waals surface area (Å²) in [7, 11) is 0. The number of amides is 1. The average molecular weight is 329 g/mol. The van der Waals surface area contributed by atoms with Crippen molar-refractivity contribution in [3.63, 3.8) is 0 Å². The first-order chi connectivity index (χ1) is 9.04. The molecule has 1 N–H and O–H groups in total. The number of hydrogen-bond acceptors (Lipinski definition) is 2. The smallest absolute Gasteiger partial charge is 0.270 e. The third-order valence-corrected chi connectivity index (χ3v) is 4.76. The summed E-state index contributed by atoms with van der Waals surface area (Å²) >= 11 is 3.51. The second-order valence-corrected chi connectivity index (χ2v) is 5.99. The lowest BCUT2D eigenvalue weighted by atomic mass is 9.77. The van der Waals surface area contributed by atoms with E-state index in [1.54, 1.807) is 0 Å². The Morgan fingerprint density at radius 3 is 3.00 bits per heavy atom. The lowest BCUT2D eigenvalue weighted by molar-refractivity contribution is 0.0864. The summed E-state index contributed by atoms with van der Waals surface area (Å²) in [5.41, 5.74) is 0.0603. The maximum absolute atomic E-state index is 12.8. The SMILES string of the molecule is CC1CCCC(CBr)(NC(=O)c2ccc(F)cn2)C1. The van der Waals surface area contributed by atoms with Gasteiger partial charge in [-0.1, -0.05) is 35.7 Å². The standard InChI is InChI=1S/C14H18BrFN2O/c1-10-3-2-6-14(7-10,9-15)18-13(19)12-5-4-11(16)8-17-12/h4-5,8,10H,2-3,6-7,9H2,1H3,(H,18,19). The van der Waals surface area contributed by atoms with Crippen LogP contribution in [0.4, 0.5) is 4.39 Å². The normalized spacial score (nSPS) is 27.0. The third-order valence-electron chi connectivity index (χ3n) is 3.69. The van der Waals surface area contributed by atoms with Gasteiger partial charge in [0.1, 0.15) is 11.5 Å². The summed E-state index contributed by atoms with van der Waals surface area (Å²) in [5.74, 6) is -0.0561. The van der Waals surface area contributed by atoms with E-state index >= 15 is 0 Å². The molecule has 104 valence electrons. The van der Waals surface area contributed by atoms with Crippen LogP contribution in [0.25, 0.3) is 0 Å². The Morgan fingerprint density at radius 1 is 1.63 bits per heavy atom. The molecule has 19 heavy (non-hydrogen) atoms. The van der Waals surface area contributed by atoms with Gasteiger partial charge in [-0.3, -0.25) is 4.79 Å². The average Bonchev–Trinajstić information content (AvgIpc) is 2.39. The molecule has 1 aromatic rings. The highest BCUT2D eigenvalue weighted by Crippen LogP contribution is 2.33. The van der Waals surface area contributed by atoms with Gasteiger partial charge in [0, 0.05) is 5.33 Å². The van der Waals surface area contributed by atoms with E-state index in [-0.39, 0.29) is 17.1 Å². The van der Waals surface area contributed by atoms with Crippen LogP contribution in [0, 0.1) is 11.7 Å². The number of nitrogens with zero attached hydrogens (tertiary/aromatic N) is 1. The van der Waals surface area contributed by atoms with Gasteiger partial charge < -0.3 is 5.32 Å². The highest BCUT2D eigenvalue weighted by molar-refractivity contribution is 9.09. The number of carbonyl (C=O) groups is 1. The van der Waals surface area contributed by atoms with Crippen molar-refractivity contribution in [1.82, 2.24) is 10.3 Å². The predicted molar refractivity (Wildman–Crippen MR) is 75.8 cm³/mol. The Bertz CT molecular complexity index is 451. The molecular weight excluding hydrogens is 311 g/mol. The van der Waals surface area contributed by atoms with Crippen molar-refractivity contribution in [2.75, 3.05) is 5.33 Å². The van der Waals surface area contributed by atoms with E-state index in [9.17, 15) is 9.18 Å². The van der Waals surface area contributed by atoms with E-state index in [0.717, 1.165) is 30.8 Å². The molecule has 2 unspecified atom stereocenters. The van der Waals surface area contributed by atoms with Crippen molar-refractivity contribution >= 4 is 21.8 Å². The molecule has 2 rings (SSSR count). The molecule has 2 atom stereocenters. The summed E-state index contributed by atoms with van der Waals surface area (Å²) in [6, 6.07) is 2.67. The topological polar surface area (TPSA) is 42.0 Å². The lowest BCUT2D eigenvalue weighted by Crippen LogP contribution is -2.52. The number of hydrogen-bond donors (Lipinski definition) is 1. The van der Waals surface area contributed by atoms with Crippen LogP contribution in [0.1, 0.15) is 43.1 Å². The fraction of sp³-hybridized carbons (Fsp3) is 0.571. The molecule has 1 aliphatic rings. The van der Waals surface area contributed by atoms with Crippen molar-refractivity contribution in [2.45, 2.75) is 38.1 Å². The zero-order valence-corrected chi connectivity index (χ0v) is 12.5. The molecule has 1 amide bonds. The van der Waals surface area contributed by atoms with Crippen LogP contribution >= 0.6 is 15.9 Å². The van der Waals surface area contributed by atoms with Crippen molar-refractivity contribution in [3.8, 4) is 0 Å². The van der Waals surface area contributed by atoms with E-state index < -0.39 is 5.82 Å². The molecule has 1 heterocycles. The second kappa shape index (κ2) is 5.99. The second-order valence-electron chi connectivity index (χ2n) is 5.43. The van der Waals surface area contributed by atoms with Crippen LogP contribution in [0.2, 0.25) is 0 Å². The summed E-state index contributed by atoms with van der Waals surface area (Å²) in [6.45, 7) is 2.21. The van der Waals surface area contributed by atoms with E-state index in [2.05, 4.69) is 33.2 Å². The zero-order chi connectivity index (χ0) is 13.9. The molecule has 0 saturated heterocycles. The van der Waals surface area contributed by atoms with Gasteiger partial charge in [-0.15, -0.1) is 0 Å². The number of carbonyl (C=O) groups excluding carboxylic acids is 1. The predicted octanol–water partition coefficient (Wildman–Crippen LogP) is 3.29. The van der Waals surface area contributed by atoms with Crippen LogP contribution in [0.3, 0.4) is 0 Å². The number of aromatic nitrogens is 1. The molecule has 5 heteroatoms. The van der Waals surface area contributed by atoms with Gasteiger partial charge in [0.15, 0.2) is 0 Å². The molecule has 0 aromatic carbocycles. The minimum absolute atomic E-state index is 0.204. The number of nitrogens with one attached hydrogen (secondary N) is 1. The highest BCUT2D eigenvalue weighted by atomic mass is 79.9. The molecule has 3 nitrogen and oxygen atoms in total. The van der Waals surface area contributed by atoms with Gasteiger partial charge in [-0.25, -0.2) is 9.37 Å². The number of alkyl halides is 1. The number of rotatable bonds is 3. The van der Waals surface area contributed by atoms with Gasteiger partial charge in [0.25, 0.3) is 5.91 Å². The van der Waals surface area contributed by atoms with Crippen molar-refractivity contribution in [2.24, 2.45) is 5.92 Å². The van der Waals surface area contributed by atoms with E-state index in [4.69, 9.17) is 0 Å². The van der Waals surface area contributed by atoms with Crippen LogP contribution in [0.15, 0.2) is 18.3 Å². The van der Waals surface area contributed by atoms with Gasteiger partial charge in [-0.2, -0.15) is 0 Å². The molecule has 0 radical (unpaired) electrons. The fourth-order valence-electron chi connectivity index (χ4n) is 2.74. The van der Waals surface area contributed by atoms with E-state index in [0.29, 0.717) is 5.92 Å². The Labute approximate surface area is 121 Å². The van der Waals surface area contributed by atoms with Crippen molar-refractivity contribution in [1.29, 1.82) is 0 Å². The summed E-state index contributed by atoms with van der Waals surface area (Å²) in [6.07, 6.45) is 5.32. The Kier molecular flexibility index (Phi) is 4.55.